The maximum atomic E-state index is 12.1. The Morgan fingerprint density at radius 3 is 2.25 bits per heavy atom. The Labute approximate surface area is 163 Å². The van der Waals surface area contributed by atoms with E-state index in [-0.39, 0.29) is 30.2 Å². The lowest BCUT2D eigenvalue weighted by molar-refractivity contribution is -0.123. The van der Waals surface area contributed by atoms with E-state index in [9.17, 15) is 14.4 Å². The van der Waals surface area contributed by atoms with Gasteiger partial charge in [-0.3, -0.25) is 14.4 Å². The second kappa shape index (κ2) is 9.55. The van der Waals surface area contributed by atoms with Crippen LogP contribution >= 0.6 is 0 Å². The molecule has 0 aromatic heterocycles. The van der Waals surface area contributed by atoms with Gasteiger partial charge in [-0.25, -0.2) is 0 Å². The first kappa shape index (κ1) is 19.4. The zero-order valence-corrected chi connectivity index (χ0v) is 15.4. The molecule has 7 nitrogen and oxygen atoms in total. The Morgan fingerprint density at radius 2 is 1.57 bits per heavy atom. The third kappa shape index (κ3) is 6.12. The Balaban J connectivity index is 1.32. The van der Waals surface area contributed by atoms with Gasteiger partial charge in [0, 0.05) is 30.3 Å². The van der Waals surface area contributed by atoms with Crippen LogP contribution < -0.4 is 20.7 Å². The maximum absolute atomic E-state index is 12.1. The summed E-state index contributed by atoms with van der Waals surface area (Å²) in [5.74, 6) is 0.298. The highest BCUT2D eigenvalue weighted by Crippen LogP contribution is 2.30. The molecule has 3 rings (SSSR count). The summed E-state index contributed by atoms with van der Waals surface area (Å²) in [5, 5.41) is 8.24. The number of carbonyl (C=O) groups excluding carboxylic acids is 3. The highest BCUT2D eigenvalue weighted by Gasteiger charge is 2.29. The standard InChI is InChI=1S/C21H23N3O4/c25-19(14-28-18-4-2-1-3-5-18)22-12-13-23-20(26)15-8-10-17(11-9-15)24-21(27)16-6-7-16/h1-5,8-11,16H,6-7,12-14H2,(H,22,25)(H,23,26)(H,24,27). The van der Waals surface area contributed by atoms with Gasteiger partial charge in [-0.1, -0.05) is 18.2 Å². The average Bonchev–Trinajstić information content (AvgIpc) is 3.56. The van der Waals surface area contributed by atoms with Gasteiger partial charge in [0.05, 0.1) is 0 Å². The molecule has 1 saturated carbocycles. The van der Waals surface area contributed by atoms with Gasteiger partial charge in [-0.15, -0.1) is 0 Å². The van der Waals surface area contributed by atoms with Crippen LogP contribution in [0, 0.1) is 5.92 Å². The predicted octanol–water partition coefficient (Wildman–Crippen LogP) is 1.96. The highest BCUT2D eigenvalue weighted by molar-refractivity contribution is 5.96. The van der Waals surface area contributed by atoms with E-state index >= 15 is 0 Å². The first-order valence-corrected chi connectivity index (χ1v) is 9.25. The molecule has 3 amide bonds. The van der Waals surface area contributed by atoms with Gasteiger partial charge in [0.1, 0.15) is 5.75 Å². The summed E-state index contributed by atoms with van der Waals surface area (Å²) < 4.78 is 5.34. The van der Waals surface area contributed by atoms with Crippen LogP contribution in [0.1, 0.15) is 23.2 Å². The summed E-state index contributed by atoms with van der Waals surface area (Å²) in [5.41, 5.74) is 1.17. The van der Waals surface area contributed by atoms with E-state index in [1.54, 1.807) is 36.4 Å². The van der Waals surface area contributed by atoms with Crippen molar-refractivity contribution < 1.29 is 19.1 Å². The topological polar surface area (TPSA) is 96.5 Å². The Morgan fingerprint density at radius 1 is 0.893 bits per heavy atom. The largest absolute Gasteiger partial charge is 0.484 e. The second-order valence-corrected chi connectivity index (χ2v) is 6.55. The van der Waals surface area contributed by atoms with E-state index in [0.717, 1.165) is 12.8 Å². The van der Waals surface area contributed by atoms with Crippen molar-refractivity contribution in [3.05, 3.63) is 60.2 Å². The molecule has 3 N–H and O–H groups in total. The number of amides is 3. The number of hydrogen-bond acceptors (Lipinski definition) is 4. The van der Waals surface area contributed by atoms with Crippen molar-refractivity contribution in [1.29, 1.82) is 0 Å². The minimum absolute atomic E-state index is 0.0317. The minimum atomic E-state index is -0.256. The smallest absolute Gasteiger partial charge is 0.258 e. The molecule has 0 unspecified atom stereocenters. The van der Waals surface area contributed by atoms with Crippen molar-refractivity contribution in [3.63, 3.8) is 0 Å². The quantitative estimate of drug-likeness (QED) is 0.579. The summed E-state index contributed by atoms with van der Waals surface area (Å²) in [7, 11) is 0. The molecule has 1 aliphatic rings. The summed E-state index contributed by atoms with van der Waals surface area (Å²) in [6.45, 7) is 0.528. The SMILES string of the molecule is O=C(COc1ccccc1)NCCNC(=O)c1ccc(NC(=O)C2CC2)cc1. The van der Waals surface area contributed by atoms with Crippen LogP contribution in [0.25, 0.3) is 0 Å². The van der Waals surface area contributed by atoms with Crippen molar-refractivity contribution in [2.75, 3.05) is 25.0 Å². The summed E-state index contributed by atoms with van der Waals surface area (Å²) in [6, 6.07) is 15.8. The number of para-hydroxylation sites is 1. The number of rotatable bonds is 9. The van der Waals surface area contributed by atoms with Gasteiger partial charge in [-0.05, 0) is 49.2 Å². The molecule has 2 aromatic rings. The van der Waals surface area contributed by atoms with E-state index in [4.69, 9.17) is 4.74 Å². The lowest BCUT2D eigenvalue weighted by Gasteiger charge is -2.09. The molecule has 1 aliphatic carbocycles. The van der Waals surface area contributed by atoms with E-state index in [1.165, 1.54) is 0 Å². The first-order chi connectivity index (χ1) is 13.6. The number of hydrogen-bond donors (Lipinski definition) is 3. The van der Waals surface area contributed by atoms with Crippen LogP contribution in [0.3, 0.4) is 0 Å². The van der Waals surface area contributed by atoms with Crippen molar-refractivity contribution >= 4 is 23.4 Å². The predicted molar refractivity (Wildman–Crippen MR) is 105 cm³/mol. The third-order valence-corrected chi connectivity index (χ3v) is 4.21. The van der Waals surface area contributed by atoms with E-state index in [0.29, 0.717) is 30.1 Å². The second-order valence-electron chi connectivity index (χ2n) is 6.55. The minimum Gasteiger partial charge on any atom is -0.484 e. The van der Waals surface area contributed by atoms with E-state index in [2.05, 4.69) is 16.0 Å². The summed E-state index contributed by atoms with van der Waals surface area (Å²) in [4.78, 5) is 35.6. The molecule has 0 aliphatic heterocycles. The molecule has 0 saturated heterocycles. The van der Waals surface area contributed by atoms with E-state index < -0.39 is 0 Å². The zero-order chi connectivity index (χ0) is 19.8. The zero-order valence-electron chi connectivity index (χ0n) is 15.4. The third-order valence-electron chi connectivity index (χ3n) is 4.21. The van der Waals surface area contributed by atoms with Gasteiger partial charge in [0.2, 0.25) is 5.91 Å². The van der Waals surface area contributed by atoms with Gasteiger partial charge in [-0.2, -0.15) is 0 Å². The Bertz CT molecular complexity index is 817. The van der Waals surface area contributed by atoms with E-state index in [1.807, 2.05) is 18.2 Å². The maximum Gasteiger partial charge on any atom is 0.258 e. The number of ether oxygens (including phenoxy) is 1. The number of anilines is 1. The Hall–Kier alpha value is -3.35. The highest BCUT2D eigenvalue weighted by atomic mass is 16.5. The number of carbonyl (C=O) groups is 3. The fourth-order valence-electron chi connectivity index (χ4n) is 2.49. The first-order valence-electron chi connectivity index (χ1n) is 9.25. The van der Waals surface area contributed by atoms with Crippen LogP contribution in [-0.4, -0.2) is 37.4 Å². The normalized spacial score (nSPS) is 12.7. The van der Waals surface area contributed by atoms with Gasteiger partial charge >= 0.3 is 0 Å². The van der Waals surface area contributed by atoms with Crippen LogP contribution in [0.5, 0.6) is 5.75 Å². The molecular weight excluding hydrogens is 358 g/mol. The molecule has 0 atom stereocenters. The van der Waals surface area contributed by atoms with Crippen LogP contribution in [0.4, 0.5) is 5.69 Å². The van der Waals surface area contributed by atoms with Crippen molar-refractivity contribution in [2.24, 2.45) is 5.92 Å². The molecule has 146 valence electrons. The van der Waals surface area contributed by atoms with Gasteiger partial charge in [0.25, 0.3) is 11.8 Å². The number of nitrogens with one attached hydrogen (secondary N) is 3. The summed E-state index contributed by atoms with van der Waals surface area (Å²) >= 11 is 0. The lowest BCUT2D eigenvalue weighted by Crippen LogP contribution is -2.36. The molecule has 2 aromatic carbocycles. The molecule has 0 spiro atoms. The van der Waals surface area contributed by atoms with Crippen LogP contribution in [0.2, 0.25) is 0 Å². The summed E-state index contributed by atoms with van der Waals surface area (Å²) in [6.07, 6.45) is 1.89. The van der Waals surface area contributed by atoms with Crippen molar-refractivity contribution in [3.8, 4) is 5.75 Å². The molecule has 28 heavy (non-hydrogen) atoms. The lowest BCUT2D eigenvalue weighted by atomic mass is 10.2. The molecule has 0 bridgehead atoms. The van der Waals surface area contributed by atoms with Crippen molar-refractivity contribution in [1.82, 2.24) is 10.6 Å². The fourth-order valence-corrected chi connectivity index (χ4v) is 2.49. The molecule has 1 fully saturated rings. The monoisotopic (exact) mass is 381 g/mol. The van der Waals surface area contributed by atoms with Gasteiger partial charge < -0.3 is 20.7 Å². The van der Waals surface area contributed by atoms with Crippen LogP contribution in [0.15, 0.2) is 54.6 Å². The molecule has 0 radical (unpaired) electrons. The average molecular weight is 381 g/mol. The molecular formula is C21H23N3O4. The fraction of sp³-hybridized carbons (Fsp3) is 0.286. The Kier molecular flexibility index (Phi) is 6.62. The number of benzene rings is 2. The molecule has 7 heteroatoms. The van der Waals surface area contributed by atoms with Crippen molar-refractivity contribution in [2.45, 2.75) is 12.8 Å². The molecule has 0 heterocycles. The van der Waals surface area contributed by atoms with Crippen LogP contribution in [-0.2, 0) is 9.59 Å². The van der Waals surface area contributed by atoms with Gasteiger partial charge in [0.15, 0.2) is 6.61 Å².